The van der Waals surface area contributed by atoms with Crippen LogP contribution >= 0.6 is 0 Å². The molecule has 0 radical (unpaired) electrons. The number of carboxylic acids is 1. The van der Waals surface area contributed by atoms with Gasteiger partial charge in [-0.05, 0) is 18.6 Å². The Balaban J connectivity index is 2.66. The molecule has 0 saturated heterocycles. The summed E-state index contributed by atoms with van der Waals surface area (Å²) in [6.45, 7) is 0. The number of hydrogen-bond donors (Lipinski definition) is 3. The van der Waals surface area contributed by atoms with Crippen LogP contribution in [0.5, 0.6) is 0 Å². The smallest absolute Gasteiger partial charge is 0.326 e. The van der Waals surface area contributed by atoms with Gasteiger partial charge < -0.3 is 16.2 Å². The summed E-state index contributed by atoms with van der Waals surface area (Å²) in [6.07, 6.45) is 2.85. The number of nitrogens with one attached hydrogen (secondary N) is 1. The highest BCUT2D eigenvalue weighted by molar-refractivity contribution is 5.93. The molecule has 0 aliphatic heterocycles. The van der Waals surface area contributed by atoms with Crippen LogP contribution in [0.25, 0.3) is 0 Å². The number of carboxylic acid groups (broad SMARTS) is 1. The molecule has 0 aliphatic carbocycles. The van der Waals surface area contributed by atoms with Crippen LogP contribution in [-0.2, 0) is 9.59 Å². The Kier molecular flexibility index (Phi) is 5.45. The molecular weight excluding hydrogens is 264 g/mol. The third-order valence-corrected chi connectivity index (χ3v) is 2.61. The summed E-state index contributed by atoms with van der Waals surface area (Å²) >= 11 is 0. The van der Waals surface area contributed by atoms with E-state index in [1.54, 1.807) is 18.3 Å². The van der Waals surface area contributed by atoms with Crippen molar-refractivity contribution < 1.29 is 19.5 Å². The fourth-order valence-corrected chi connectivity index (χ4v) is 1.46. The summed E-state index contributed by atoms with van der Waals surface area (Å²) in [6, 6.07) is 1.54. The monoisotopic (exact) mass is 280 g/mol. The molecule has 0 fully saturated rings. The second-order valence-electron chi connectivity index (χ2n) is 4.12. The standard InChI is InChI=1S/C12H16N4O4/c1-16(8-3-2-6-14-7-8)12(20)15-9(11(18)19)4-5-10(13)17/h2-3,6-7,9H,4-5H2,1H3,(H2,13,17)(H,15,20)(H,18,19)/t9-/m1/s1. The number of aliphatic carboxylic acids is 1. The topological polar surface area (TPSA) is 126 Å². The Labute approximate surface area is 115 Å². The molecule has 1 heterocycles. The van der Waals surface area contributed by atoms with E-state index in [1.165, 1.54) is 18.1 Å². The fourth-order valence-electron chi connectivity index (χ4n) is 1.46. The van der Waals surface area contributed by atoms with Crippen LogP contribution in [0.1, 0.15) is 12.8 Å². The molecule has 4 N–H and O–H groups in total. The summed E-state index contributed by atoms with van der Waals surface area (Å²) < 4.78 is 0. The van der Waals surface area contributed by atoms with Gasteiger partial charge in [0, 0.05) is 19.7 Å². The van der Waals surface area contributed by atoms with Gasteiger partial charge in [0.2, 0.25) is 5.91 Å². The molecule has 3 amide bonds. The number of amides is 3. The Bertz CT molecular complexity index is 491. The molecule has 1 aromatic heterocycles. The van der Waals surface area contributed by atoms with Crippen molar-refractivity contribution in [2.24, 2.45) is 5.73 Å². The van der Waals surface area contributed by atoms with Crippen molar-refractivity contribution in [3.05, 3.63) is 24.5 Å². The average molecular weight is 280 g/mol. The molecule has 0 saturated carbocycles. The van der Waals surface area contributed by atoms with Gasteiger partial charge in [0.15, 0.2) is 0 Å². The number of carbonyl (C=O) groups excluding carboxylic acids is 2. The number of primary amides is 1. The van der Waals surface area contributed by atoms with E-state index in [4.69, 9.17) is 10.8 Å². The van der Waals surface area contributed by atoms with Crippen molar-refractivity contribution in [3.8, 4) is 0 Å². The molecular formula is C12H16N4O4. The van der Waals surface area contributed by atoms with Gasteiger partial charge in [0.25, 0.3) is 0 Å². The third kappa shape index (κ3) is 4.56. The molecule has 108 valence electrons. The predicted molar refractivity (Wildman–Crippen MR) is 71.0 cm³/mol. The van der Waals surface area contributed by atoms with Crippen LogP contribution in [0, 0.1) is 0 Å². The molecule has 20 heavy (non-hydrogen) atoms. The van der Waals surface area contributed by atoms with Crippen LogP contribution in [0.15, 0.2) is 24.5 Å². The first-order valence-corrected chi connectivity index (χ1v) is 5.87. The van der Waals surface area contributed by atoms with E-state index < -0.39 is 23.9 Å². The van der Waals surface area contributed by atoms with Gasteiger partial charge in [0.05, 0.1) is 11.9 Å². The van der Waals surface area contributed by atoms with E-state index in [-0.39, 0.29) is 12.8 Å². The minimum Gasteiger partial charge on any atom is -0.480 e. The summed E-state index contributed by atoms with van der Waals surface area (Å²) in [4.78, 5) is 38.7. The normalized spacial score (nSPS) is 11.4. The van der Waals surface area contributed by atoms with Crippen LogP contribution in [0.4, 0.5) is 10.5 Å². The molecule has 8 nitrogen and oxygen atoms in total. The van der Waals surface area contributed by atoms with Gasteiger partial charge in [-0.3, -0.25) is 14.7 Å². The molecule has 0 bridgehead atoms. The average Bonchev–Trinajstić information content (AvgIpc) is 2.42. The maximum absolute atomic E-state index is 11.9. The van der Waals surface area contributed by atoms with E-state index >= 15 is 0 Å². The number of nitrogens with two attached hydrogens (primary N) is 1. The number of rotatable bonds is 6. The number of anilines is 1. The van der Waals surface area contributed by atoms with Crippen molar-refractivity contribution in [1.29, 1.82) is 0 Å². The highest BCUT2D eigenvalue weighted by Gasteiger charge is 2.22. The van der Waals surface area contributed by atoms with Crippen molar-refractivity contribution >= 4 is 23.6 Å². The predicted octanol–water partition coefficient (Wildman–Crippen LogP) is -0.0539. The Morgan fingerprint density at radius 2 is 2.20 bits per heavy atom. The molecule has 1 atom stereocenters. The van der Waals surface area contributed by atoms with Crippen LogP contribution in [-0.4, -0.2) is 41.1 Å². The Morgan fingerprint density at radius 1 is 1.50 bits per heavy atom. The summed E-state index contributed by atoms with van der Waals surface area (Å²) in [5.41, 5.74) is 5.48. The second-order valence-corrected chi connectivity index (χ2v) is 4.12. The zero-order valence-electron chi connectivity index (χ0n) is 10.9. The van der Waals surface area contributed by atoms with Crippen molar-refractivity contribution in [3.63, 3.8) is 0 Å². The SMILES string of the molecule is CN(C(=O)N[C@H](CCC(N)=O)C(=O)O)c1cccnc1. The van der Waals surface area contributed by atoms with E-state index in [2.05, 4.69) is 10.3 Å². The number of nitrogens with zero attached hydrogens (tertiary/aromatic N) is 2. The van der Waals surface area contributed by atoms with Gasteiger partial charge in [-0.2, -0.15) is 0 Å². The highest BCUT2D eigenvalue weighted by Crippen LogP contribution is 2.09. The third-order valence-electron chi connectivity index (χ3n) is 2.61. The maximum atomic E-state index is 11.9. The highest BCUT2D eigenvalue weighted by atomic mass is 16.4. The van der Waals surface area contributed by atoms with Gasteiger partial charge in [-0.25, -0.2) is 9.59 Å². The first kappa shape index (κ1) is 15.4. The number of carbonyl (C=O) groups is 3. The van der Waals surface area contributed by atoms with Crippen molar-refractivity contribution in [2.45, 2.75) is 18.9 Å². The lowest BCUT2D eigenvalue weighted by Gasteiger charge is -2.20. The quantitative estimate of drug-likeness (QED) is 0.673. The van der Waals surface area contributed by atoms with Crippen LogP contribution in [0.2, 0.25) is 0 Å². The van der Waals surface area contributed by atoms with Crippen LogP contribution < -0.4 is 16.0 Å². The molecule has 8 heteroatoms. The molecule has 0 spiro atoms. The van der Waals surface area contributed by atoms with Gasteiger partial charge in [-0.15, -0.1) is 0 Å². The van der Waals surface area contributed by atoms with Gasteiger partial charge >= 0.3 is 12.0 Å². The lowest BCUT2D eigenvalue weighted by atomic mass is 10.1. The van der Waals surface area contributed by atoms with E-state index in [9.17, 15) is 14.4 Å². The first-order valence-electron chi connectivity index (χ1n) is 5.87. The number of hydrogen-bond acceptors (Lipinski definition) is 4. The maximum Gasteiger partial charge on any atom is 0.326 e. The van der Waals surface area contributed by atoms with Crippen molar-refractivity contribution in [2.75, 3.05) is 11.9 Å². The van der Waals surface area contributed by atoms with E-state index in [1.807, 2.05) is 0 Å². The lowest BCUT2D eigenvalue weighted by Crippen LogP contribution is -2.47. The zero-order valence-corrected chi connectivity index (χ0v) is 10.9. The van der Waals surface area contributed by atoms with E-state index in [0.29, 0.717) is 5.69 Å². The molecule has 1 aromatic rings. The molecule has 1 rings (SSSR count). The van der Waals surface area contributed by atoms with Crippen LogP contribution in [0.3, 0.4) is 0 Å². The first-order chi connectivity index (χ1) is 9.41. The largest absolute Gasteiger partial charge is 0.480 e. The van der Waals surface area contributed by atoms with Crippen molar-refractivity contribution in [1.82, 2.24) is 10.3 Å². The van der Waals surface area contributed by atoms with Gasteiger partial charge in [0.1, 0.15) is 6.04 Å². The summed E-state index contributed by atoms with van der Waals surface area (Å²) in [5.74, 6) is -1.84. The molecule has 0 aliphatic rings. The Morgan fingerprint density at radius 3 is 2.70 bits per heavy atom. The molecule has 0 aromatic carbocycles. The lowest BCUT2D eigenvalue weighted by molar-refractivity contribution is -0.139. The number of pyridine rings is 1. The Hall–Kier alpha value is -2.64. The fraction of sp³-hybridized carbons (Fsp3) is 0.333. The van der Waals surface area contributed by atoms with Gasteiger partial charge in [-0.1, -0.05) is 0 Å². The zero-order chi connectivity index (χ0) is 15.1. The van der Waals surface area contributed by atoms with E-state index in [0.717, 1.165) is 0 Å². The second kappa shape index (κ2) is 7.07. The minimum absolute atomic E-state index is 0.0582. The molecule has 0 unspecified atom stereocenters. The minimum atomic E-state index is -1.22. The number of urea groups is 1. The summed E-state index contributed by atoms with van der Waals surface area (Å²) in [7, 11) is 1.49. The summed E-state index contributed by atoms with van der Waals surface area (Å²) in [5, 5.41) is 11.3. The number of aromatic nitrogens is 1.